The van der Waals surface area contributed by atoms with Gasteiger partial charge in [0.2, 0.25) is 0 Å². The first kappa shape index (κ1) is 14.5. The molecule has 0 radical (unpaired) electrons. The summed E-state index contributed by atoms with van der Waals surface area (Å²) in [5.41, 5.74) is 9.35. The lowest BCUT2D eigenvalue weighted by atomic mass is 10.0. The van der Waals surface area contributed by atoms with Crippen LogP contribution in [0.4, 0.5) is 10.1 Å². The summed E-state index contributed by atoms with van der Waals surface area (Å²) in [6.07, 6.45) is 2.57. The number of benzene rings is 2. The molecule has 0 spiro atoms. The van der Waals surface area contributed by atoms with Crippen LogP contribution in [-0.2, 0) is 0 Å². The second kappa shape index (κ2) is 6.16. The van der Waals surface area contributed by atoms with Crippen molar-refractivity contribution in [1.82, 2.24) is 0 Å². The van der Waals surface area contributed by atoms with Crippen molar-refractivity contribution in [3.63, 3.8) is 0 Å². The maximum atomic E-state index is 13.3. The van der Waals surface area contributed by atoms with Gasteiger partial charge in [0, 0.05) is 12.2 Å². The summed E-state index contributed by atoms with van der Waals surface area (Å²) in [6.45, 7) is 0.489. The van der Waals surface area contributed by atoms with E-state index in [1.165, 1.54) is 30.0 Å². The Morgan fingerprint density at radius 3 is 2.71 bits per heavy atom. The Kier molecular flexibility index (Phi) is 4.27. The van der Waals surface area contributed by atoms with E-state index < -0.39 is 0 Å². The van der Waals surface area contributed by atoms with Crippen molar-refractivity contribution < 1.29 is 4.39 Å². The van der Waals surface area contributed by atoms with E-state index in [9.17, 15) is 4.39 Å². The van der Waals surface area contributed by atoms with Crippen molar-refractivity contribution in [2.45, 2.75) is 24.8 Å². The van der Waals surface area contributed by atoms with E-state index in [4.69, 9.17) is 5.73 Å². The monoisotopic (exact) mass is 348 g/mol. The van der Waals surface area contributed by atoms with Crippen molar-refractivity contribution in [3.05, 3.63) is 63.9 Å². The summed E-state index contributed by atoms with van der Waals surface area (Å²) < 4.78 is 13.7. The van der Waals surface area contributed by atoms with Crippen LogP contribution in [0.15, 0.2) is 46.9 Å². The molecule has 110 valence electrons. The molecule has 3 N–H and O–H groups in total. The largest absolute Gasteiger partial charge is 0.377 e. The molecule has 0 aromatic heterocycles. The Morgan fingerprint density at radius 1 is 1.24 bits per heavy atom. The highest BCUT2D eigenvalue weighted by molar-refractivity contribution is 9.10. The number of hydrogen-bond acceptors (Lipinski definition) is 2. The highest BCUT2D eigenvalue weighted by Gasteiger charge is 2.24. The highest BCUT2D eigenvalue weighted by atomic mass is 79.9. The molecule has 1 unspecified atom stereocenters. The minimum Gasteiger partial charge on any atom is -0.377 e. The first-order valence-electron chi connectivity index (χ1n) is 7.19. The van der Waals surface area contributed by atoms with E-state index in [1.807, 2.05) is 0 Å². The molecule has 0 amide bonds. The number of rotatable bonds is 5. The molecule has 1 aliphatic carbocycles. The lowest BCUT2D eigenvalue weighted by Gasteiger charge is -2.19. The Morgan fingerprint density at radius 2 is 2.05 bits per heavy atom. The Hall–Kier alpha value is -1.39. The fourth-order valence-electron chi connectivity index (χ4n) is 2.51. The van der Waals surface area contributed by atoms with Gasteiger partial charge in [0.15, 0.2) is 0 Å². The number of halogens is 2. The standard InChI is InChI=1S/C17H18BrFN2/c18-15-9-14(6-7-16(15)19)21-17(10-20)13-3-1-2-12(8-13)11-4-5-11/h1-3,6-9,11,17,21H,4-5,10,20H2. The number of nitrogens with two attached hydrogens (primary N) is 1. The maximum absolute atomic E-state index is 13.3. The molecule has 0 bridgehead atoms. The van der Waals surface area contributed by atoms with E-state index in [0.29, 0.717) is 11.0 Å². The highest BCUT2D eigenvalue weighted by Crippen LogP contribution is 2.40. The molecule has 0 saturated heterocycles. The van der Waals surface area contributed by atoms with Gasteiger partial charge in [-0.05, 0) is 64.0 Å². The van der Waals surface area contributed by atoms with Crippen molar-refractivity contribution in [1.29, 1.82) is 0 Å². The second-order valence-corrected chi connectivity index (χ2v) is 6.36. The quantitative estimate of drug-likeness (QED) is 0.829. The molecule has 1 fully saturated rings. The minimum absolute atomic E-state index is 0.0288. The Balaban J connectivity index is 1.80. The summed E-state index contributed by atoms with van der Waals surface area (Å²) >= 11 is 3.21. The first-order chi connectivity index (χ1) is 10.2. The summed E-state index contributed by atoms with van der Waals surface area (Å²) in [5, 5.41) is 3.38. The molecule has 4 heteroatoms. The summed E-state index contributed by atoms with van der Waals surface area (Å²) in [4.78, 5) is 0. The van der Waals surface area contributed by atoms with E-state index in [0.717, 1.165) is 11.6 Å². The van der Waals surface area contributed by atoms with Gasteiger partial charge < -0.3 is 11.1 Å². The summed E-state index contributed by atoms with van der Waals surface area (Å²) in [5.74, 6) is 0.462. The number of nitrogens with one attached hydrogen (secondary N) is 1. The van der Waals surface area contributed by atoms with E-state index >= 15 is 0 Å². The molecule has 3 rings (SSSR count). The molecule has 2 aromatic rings. The van der Waals surface area contributed by atoms with Gasteiger partial charge in [0.25, 0.3) is 0 Å². The molecule has 0 heterocycles. The summed E-state index contributed by atoms with van der Waals surface area (Å²) in [6, 6.07) is 13.5. The van der Waals surface area contributed by atoms with Crippen LogP contribution in [0, 0.1) is 5.82 Å². The van der Waals surface area contributed by atoms with Gasteiger partial charge in [0.1, 0.15) is 5.82 Å². The molecule has 2 nitrogen and oxygen atoms in total. The molecule has 2 aromatic carbocycles. The third-order valence-electron chi connectivity index (χ3n) is 3.86. The van der Waals surface area contributed by atoms with Crippen molar-refractivity contribution in [2.24, 2.45) is 5.73 Å². The van der Waals surface area contributed by atoms with Crippen LogP contribution >= 0.6 is 15.9 Å². The van der Waals surface area contributed by atoms with Crippen LogP contribution in [0.2, 0.25) is 0 Å². The van der Waals surface area contributed by atoms with Crippen LogP contribution in [0.25, 0.3) is 0 Å². The predicted molar refractivity (Wildman–Crippen MR) is 87.9 cm³/mol. The van der Waals surface area contributed by atoms with Crippen molar-refractivity contribution in [3.8, 4) is 0 Å². The lowest BCUT2D eigenvalue weighted by molar-refractivity contribution is 0.621. The third kappa shape index (κ3) is 3.44. The van der Waals surface area contributed by atoms with Gasteiger partial charge in [0.05, 0.1) is 10.5 Å². The zero-order valence-corrected chi connectivity index (χ0v) is 13.2. The normalized spacial score (nSPS) is 15.8. The summed E-state index contributed by atoms with van der Waals surface area (Å²) in [7, 11) is 0. The van der Waals surface area contributed by atoms with E-state index in [-0.39, 0.29) is 11.9 Å². The average Bonchev–Trinajstić information content (AvgIpc) is 3.33. The Bertz CT molecular complexity index is 640. The van der Waals surface area contributed by atoms with Gasteiger partial charge in [-0.15, -0.1) is 0 Å². The molecular weight excluding hydrogens is 331 g/mol. The average molecular weight is 349 g/mol. The smallest absolute Gasteiger partial charge is 0.137 e. The van der Waals surface area contributed by atoms with Crippen LogP contribution in [-0.4, -0.2) is 6.54 Å². The molecule has 1 atom stereocenters. The van der Waals surface area contributed by atoms with Crippen molar-refractivity contribution >= 4 is 21.6 Å². The molecule has 21 heavy (non-hydrogen) atoms. The van der Waals surface area contributed by atoms with Gasteiger partial charge in [-0.2, -0.15) is 0 Å². The van der Waals surface area contributed by atoms with Crippen LogP contribution in [0.5, 0.6) is 0 Å². The molecular formula is C17H18BrFN2. The fourth-order valence-corrected chi connectivity index (χ4v) is 2.89. The zero-order valence-electron chi connectivity index (χ0n) is 11.7. The van der Waals surface area contributed by atoms with Crippen LogP contribution < -0.4 is 11.1 Å². The van der Waals surface area contributed by atoms with Gasteiger partial charge in [-0.3, -0.25) is 0 Å². The van der Waals surface area contributed by atoms with Crippen LogP contribution in [0.3, 0.4) is 0 Å². The fraction of sp³-hybridized carbons (Fsp3) is 0.294. The topological polar surface area (TPSA) is 38.0 Å². The van der Waals surface area contributed by atoms with Gasteiger partial charge >= 0.3 is 0 Å². The van der Waals surface area contributed by atoms with E-state index in [1.54, 1.807) is 12.1 Å². The zero-order chi connectivity index (χ0) is 14.8. The van der Waals surface area contributed by atoms with Crippen LogP contribution in [0.1, 0.15) is 35.9 Å². The van der Waals surface area contributed by atoms with E-state index in [2.05, 4.69) is 45.5 Å². The molecule has 1 aliphatic rings. The minimum atomic E-state index is -0.263. The van der Waals surface area contributed by atoms with Crippen molar-refractivity contribution in [2.75, 3.05) is 11.9 Å². The number of anilines is 1. The maximum Gasteiger partial charge on any atom is 0.137 e. The molecule has 1 saturated carbocycles. The third-order valence-corrected chi connectivity index (χ3v) is 4.47. The SMILES string of the molecule is NCC(Nc1ccc(F)c(Br)c1)c1cccc(C2CC2)c1. The predicted octanol–water partition coefficient (Wildman–Crippen LogP) is 4.58. The van der Waals surface area contributed by atoms with Gasteiger partial charge in [-0.1, -0.05) is 24.3 Å². The first-order valence-corrected chi connectivity index (χ1v) is 7.98. The van der Waals surface area contributed by atoms with Gasteiger partial charge in [-0.25, -0.2) is 4.39 Å². The Labute approximate surface area is 132 Å². The lowest BCUT2D eigenvalue weighted by Crippen LogP contribution is -2.20. The second-order valence-electron chi connectivity index (χ2n) is 5.51. The number of hydrogen-bond donors (Lipinski definition) is 2. The molecule has 0 aliphatic heterocycles.